The molecule has 0 saturated heterocycles. The number of alkyl halides is 1. The van der Waals surface area contributed by atoms with E-state index < -0.39 is 0 Å². The molecule has 0 fully saturated rings. The van der Waals surface area contributed by atoms with Gasteiger partial charge in [0.25, 0.3) is 0 Å². The molecule has 0 radical (unpaired) electrons. The second-order valence-corrected chi connectivity index (χ2v) is 5.47. The van der Waals surface area contributed by atoms with Gasteiger partial charge in [-0.05, 0) is 48.7 Å². The Morgan fingerprint density at radius 1 is 1.00 bits per heavy atom. The van der Waals surface area contributed by atoms with E-state index in [2.05, 4.69) is 26.0 Å². The molecule has 0 spiro atoms. The normalized spacial score (nSPS) is 12.3. The molecule has 2 aromatic rings. The van der Waals surface area contributed by atoms with E-state index in [0.29, 0.717) is 5.02 Å². The lowest BCUT2D eigenvalue weighted by Crippen LogP contribution is -1.98. The lowest BCUT2D eigenvalue weighted by Gasteiger charge is -2.16. The lowest BCUT2D eigenvalue weighted by molar-refractivity contribution is 0.410. The number of benzene rings is 2. The molecular formula is C16H16Cl2O. The minimum atomic E-state index is -0.270. The first-order valence-electron chi connectivity index (χ1n) is 6.07. The number of methoxy groups -OCH3 is 1. The van der Waals surface area contributed by atoms with Crippen LogP contribution in [0, 0.1) is 13.8 Å². The first-order valence-corrected chi connectivity index (χ1v) is 6.89. The van der Waals surface area contributed by atoms with E-state index in [1.54, 1.807) is 13.2 Å². The summed E-state index contributed by atoms with van der Waals surface area (Å²) in [6, 6.07) is 11.7. The molecule has 100 valence electrons. The number of ether oxygens (including phenoxy) is 1. The third kappa shape index (κ3) is 3.05. The van der Waals surface area contributed by atoms with Gasteiger partial charge in [-0.1, -0.05) is 29.8 Å². The fraction of sp³-hybridized carbons (Fsp3) is 0.250. The van der Waals surface area contributed by atoms with Crippen molar-refractivity contribution in [2.45, 2.75) is 19.2 Å². The lowest BCUT2D eigenvalue weighted by atomic mass is 9.99. The molecule has 0 aliphatic carbocycles. The summed E-state index contributed by atoms with van der Waals surface area (Å²) in [6.45, 7) is 4.17. The van der Waals surface area contributed by atoms with Crippen molar-refractivity contribution >= 4 is 23.2 Å². The highest BCUT2D eigenvalue weighted by Gasteiger charge is 2.16. The van der Waals surface area contributed by atoms with Crippen molar-refractivity contribution in [1.29, 1.82) is 0 Å². The number of hydrogen-bond acceptors (Lipinski definition) is 1. The molecule has 3 heteroatoms. The number of hydrogen-bond donors (Lipinski definition) is 0. The summed E-state index contributed by atoms with van der Waals surface area (Å²) in [5, 5.41) is 0.387. The van der Waals surface area contributed by atoms with Crippen LogP contribution in [0.5, 0.6) is 5.75 Å². The SMILES string of the molecule is COc1ccc(Cl)cc1C(Cl)c1ccc(C)c(C)c1. The van der Waals surface area contributed by atoms with Gasteiger partial charge in [0.1, 0.15) is 5.75 Å². The molecule has 0 aliphatic rings. The summed E-state index contributed by atoms with van der Waals surface area (Å²) in [5.74, 6) is 0.752. The van der Waals surface area contributed by atoms with E-state index in [1.165, 1.54) is 11.1 Å². The topological polar surface area (TPSA) is 9.23 Å². The highest BCUT2D eigenvalue weighted by Crippen LogP contribution is 2.37. The maximum absolute atomic E-state index is 6.57. The van der Waals surface area contributed by atoms with Crippen LogP contribution < -0.4 is 4.74 Å². The van der Waals surface area contributed by atoms with Gasteiger partial charge >= 0.3 is 0 Å². The molecule has 0 heterocycles. The van der Waals surface area contributed by atoms with Gasteiger partial charge in [0, 0.05) is 10.6 Å². The molecule has 1 unspecified atom stereocenters. The van der Waals surface area contributed by atoms with Crippen molar-refractivity contribution in [1.82, 2.24) is 0 Å². The van der Waals surface area contributed by atoms with Crippen LogP contribution in [-0.2, 0) is 0 Å². The van der Waals surface area contributed by atoms with Crippen LogP contribution in [0.3, 0.4) is 0 Å². The first-order chi connectivity index (χ1) is 9.02. The zero-order valence-corrected chi connectivity index (χ0v) is 12.7. The third-order valence-corrected chi connectivity index (χ3v) is 4.01. The molecule has 1 atom stereocenters. The van der Waals surface area contributed by atoms with Crippen molar-refractivity contribution in [3.63, 3.8) is 0 Å². The zero-order valence-electron chi connectivity index (χ0n) is 11.2. The Kier molecular flexibility index (Phi) is 4.38. The Morgan fingerprint density at radius 3 is 2.37 bits per heavy atom. The Hall–Kier alpha value is -1.18. The molecule has 19 heavy (non-hydrogen) atoms. The van der Waals surface area contributed by atoms with Crippen LogP contribution >= 0.6 is 23.2 Å². The quantitative estimate of drug-likeness (QED) is 0.699. The maximum atomic E-state index is 6.57. The van der Waals surface area contributed by atoms with Gasteiger partial charge in [0.2, 0.25) is 0 Å². The number of halogens is 2. The summed E-state index contributed by atoms with van der Waals surface area (Å²) < 4.78 is 5.35. The van der Waals surface area contributed by atoms with E-state index in [4.69, 9.17) is 27.9 Å². The molecule has 0 aromatic heterocycles. The van der Waals surface area contributed by atoms with Crippen molar-refractivity contribution < 1.29 is 4.74 Å². The molecular weight excluding hydrogens is 279 g/mol. The van der Waals surface area contributed by atoms with Crippen molar-refractivity contribution in [2.24, 2.45) is 0 Å². The molecule has 2 rings (SSSR count). The summed E-state index contributed by atoms with van der Waals surface area (Å²) >= 11 is 12.6. The second-order valence-electron chi connectivity index (χ2n) is 4.59. The van der Waals surface area contributed by atoms with E-state index in [1.807, 2.05) is 18.2 Å². The van der Waals surface area contributed by atoms with E-state index in [0.717, 1.165) is 16.9 Å². The molecule has 0 bridgehead atoms. The summed E-state index contributed by atoms with van der Waals surface area (Å²) in [6.07, 6.45) is 0. The minimum Gasteiger partial charge on any atom is -0.496 e. The molecule has 2 aromatic carbocycles. The average molecular weight is 295 g/mol. The van der Waals surface area contributed by atoms with Crippen LogP contribution in [0.2, 0.25) is 5.02 Å². The minimum absolute atomic E-state index is 0.270. The van der Waals surface area contributed by atoms with Crippen LogP contribution in [-0.4, -0.2) is 7.11 Å². The highest BCUT2D eigenvalue weighted by molar-refractivity contribution is 6.31. The van der Waals surface area contributed by atoms with Crippen LogP contribution in [0.1, 0.15) is 27.6 Å². The molecule has 0 N–H and O–H groups in total. The monoisotopic (exact) mass is 294 g/mol. The van der Waals surface area contributed by atoms with E-state index in [9.17, 15) is 0 Å². The predicted molar refractivity (Wildman–Crippen MR) is 81.6 cm³/mol. The summed E-state index contributed by atoms with van der Waals surface area (Å²) in [4.78, 5) is 0. The standard InChI is InChI=1S/C16H16Cl2O/c1-10-4-5-12(8-11(10)2)16(18)14-9-13(17)6-7-15(14)19-3/h4-9,16H,1-3H3. The smallest absolute Gasteiger partial charge is 0.123 e. The zero-order chi connectivity index (χ0) is 14.0. The van der Waals surface area contributed by atoms with Gasteiger partial charge in [0.05, 0.1) is 12.5 Å². The third-order valence-electron chi connectivity index (χ3n) is 3.29. The van der Waals surface area contributed by atoms with Gasteiger partial charge in [0.15, 0.2) is 0 Å². The second kappa shape index (κ2) is 5.85. The Labute approximate surface area is 124 Å². The van der Waals surface area contributed by atoms with Crippen LogP contribution in [0.25, 0.3) is 0 Å². The van der Waals surface area contributed by atoms with Crippen molar-refractivity contribution in [3.05, 3.63) is 63.7 Å². The predicted octanol–water partition coefficient (Wildman–Crippen LogP) is 5.29. The Bertz CT molecular complexity index is 593. The largest absolute Gasteiger partial charge is 0.496 e. The molecule has 0 aliphatic heterocycles. The number of rotatable bonds is 3. The fourth-order valence-electron chi connectivity index (χ4n) is 2.01. The van der Waals surface area contributed by atoms with E-state index >= 15 is 0 Å². The number of aryl methyl sites for hydroxylation is 2. The molecule has 0 saturated carbocycles. The summed E-state index contributed by atoms with van der Waals surface area (Å²) in [7, 11) is 1.64. The fourth-order valence-corrected chi connectivity index (χ4v) is 2.49. The first kappa shape index (κ1) is 14.2. The molecule has 0 amide bonds. The van der Waals surface area contributed by atoms with Crippen molar-refractivity contribution in [2.75, 3.05) is 7.11 Å². The van der Waals surface area contributed by atoms with Crippen LogP contribution in [0.15, 0.2) is 36.4 Å². The van der Waals surface area contributed by atoms with Gasteiger partial charge in [-0.25, -0.2) is 0 Å². The van der Waals surface area contributed by atoms with Gasteiger partial charge in [-0.15, -0.1) is 11.6 Å². The maximum Gasteiger partial charge on any atom is 0.123 e. The Morgan fingerprint density at radius 2 is 1.74 bits per heavy atom. The average Bonchev–Trinajstić information content (AvgIpc) is 2.41. The Balaban J connectivity index is 2.45. The van der Waals surface area contributed by atoms with Gasteiger partial charge < -0.3 is 4.74 Å². The molecule has 1 nitrogen and oxygen atoms in total. The van der Waals surface area contributed by atoms with Gasteiger partial charge in [-0.2, -0.15) is 0 Å². The van der Waals surface area contributed by atoms with Gasteiger partial charge in [-0.3, -0.25) is 0 Å². The van der Waals surface area contributed by atoms with Crippen LogP contribution in [0.4, 0.5) is 0 Å². The summed E-state index contributed by atoms with van der Waals surface area (Å²) in [5.41, 5.74) is 4.42. The van der Waals surface area contributed by atoms with Crippen molar-refractivity contribution in [3.8, 4) is 5.75 Å². The van der Waals surface area contributed by atoms with E-state index in [-0.39, 0.29) is 5.38 Å². The highest BCUT2D eigenvalue weighted by atomic mass is 35.5.